The Morgan fingerprint density at radius 1 is 1.19 bits per heavy atom. The number of aromatic amines is 1. The van der Waals surface area contributed by atoms with E-state index in [0.29, 0.717) is 18.9 Å². The number of rotatable bonds is 5. The first-order valence-corrected chi connectivity index (χ1v) is 7.02. The molecule has 0 aliphatic heterocycles. The number of phenols is 1. The van der Waals surface area contributed by atoms with Gasteiger partial charge in [-0.2, -0.15) is 0 Å². The van der Waals surface area contributed by atoms with Gasteiger partial charge in [0.05, 0.1) is 6.61 Å². The lowest BCUT2D eigenvalue weighted by molar-refractivity contribution is 0.317. The van der Waals surface area contributed by atoms with E-state index in [2.05, 4.69) is 16.4 Å². The highest BCUT2D eigenvalue weighted by Gasteiger charge is 2.07. The van der Waals surface area contributed by atoms with Crippen LogP contribution in [-0.2, 0) is 6.54 Å². The summed E-state index contributed by atoms with van der Waals surface area (Å²) in [5.74, 6) is 0.729. The maximum absolute atomic E-state index is 10.2. The van der Waals surface area contributed by atoms with Crippen LogP contribution in [0.2, 0.25) is 0 Å². The molecule has 21 heavy (non-hydrogen) atoms. The molecule has 0 bridgehead atoms. The van der Waals surface area contributed by atoms with Crippen molar-refractivity contribution >= 4 is 16.6 Å². The standard InChI is InChI=1S/C17H18N2O2/c1-2-21-16-5-3-4-13(17(16)20)11-19-14-6-7-15-12(10-14)8-9-18-15/h3-10,18-20H,2,11H2,1H3. The van der Waals surface area contributed by atoms with Crippen molar-refractivity contribution in [2.24, 2.45) is 0 Å². The van der Waals surface area contributed by atoms with Gasteiger partial charge in [-0.3, -0.25) is 0 Å². The zero-order valence-corrected chi connectivity index (χ0v) is 11.9. The molecule has 3 aromatic rings. The van der Waals surface area contributed by atoms with Crippen LogP contribution in [0.25, 0.3) is 10.9 Å². The van der Waals surface area contributed by atoms with Crippen molar-refractivity contribution in [1.82, 2.24) is 4.98 Å². The van der Waals surface area contributed by atoms with E-state index in [9.17, 15) is 5.11 Å². The Bertz CT molecular complexity index is 749. The van der Waals surface area contributed by atoms with Gasteiger partial charge >= 0.3 is 0 Å². The SMILES string of the molecule is CCOc1cccc(CNc2ccc3[nH]ccc3c2)c1O. The number of hydrogen-bond acceptors (Lipinski definition) is 3. The van der Waals surface area contributed by atoms with Gasteiger partial charge in [0.15, 0.2) is 11.5 Å². The van der Waals surface area contributed by atoms with E-state index < -0.39 is 0 Å². The molecule has 0 atom stereocenters. The Morgan fingerprint density at radius 3 is 2.95 bits per heavy atom. The van der Waals surface area contributed by atoms with Crippen LogP contribution >= 0.6 is 0 Å². The largest absolute Gasteiger partial charge is 0.504 e. The average molecular weight is 282 g/mol. The quantitative estimate of drug-likeness (QED) is 0.665. The number of fused-ring (bicyclic) bond motifs is 1. The van der Waals surface area contributed by atoms with Gasteiger partial charge in [-0.25, -0.2) is 0 Å². The molecule has 0 fully saturated rings. The first-order chi connectivity index (χ1) is 10.3. The maximum Gasteiger partial charge on any atom is 0.162 e. The van der Waals surface area contributed by atoms with E-state index in [0.717, 1.165) is 22.2 Å². The van der Waals surface area contributed by atoms with E-state index >= 15 is 0 Å². The molecule has 4 nitrogen and oxygen atoms in total. The molecule has 0 unspecified atom stereocenters. The van der Waals surface area contributed by atoms with E-state index in [1.54, 1.807) is 6.07 Å². The number of aromatic hydroxyl groups is 1. The van der Waals surface area contributed by atoms with Crippen LogP contribution < -0.4 is 10.1 Å². The molecule has 1 aromatic heterocycles. The molecule has 3 rings (SSSR count). The van der Waals surface area contributed by atoms with Gasteiger partial charge in [0.25, 0.3) is 0 Å². The Labute approximate surface area is 123 Å². The number of phenolic OH excluding ortho intramolecular Hbond substituents is 1. The van der Waals surface area contributed by atoms with Crippen molar-refractivity contribution in [3.8, 4) is 11.5 Å². The van der Waals surface area contributed by atoms with Crippen LogP contribution in [0.4, 0.5) is 5.69 Å². The van der Waals surface area contributed by atoms with Gasteiger partial charge in [-0.15, -0.1) is 0 Å². The number of anilines is 1. The van der Waals surface area contributed by atoms with Gasteiger partial charge in [0.1, 0.15) is 0 Å². The minimum absolute atomic E-state index is 0.203. The van der Waals surface area contributed by atoms with Gasteiger partial charge < -0.3 is 20.1 Å². The second-order valence-corrected chi connectivity index (χ2v) is 4.83. The molecule has 0 saturated heterocycles. The number of nitrogens with one attached hydrogen (secondary N) is 2. The average Bonchev–Trinajstić information content (AvgIpc) is 2.96. The van der Waals surface area contributed by atoms with Crippen molar-refractivity contribution in [1.29, 1.82) is 0 Å². The number of ether oxygens (including phenoxy) is 1. The predicted molar refractivity (Wildman–Crippen MR) is 84.9 cm³/mol. The summed E-state index contributed by atoms with van der Waals surface area (Å²) in [6.45, 7) is 2.98. The lowest BCUT2D eigenvalue weighted by atomic mass is 10.1. The van der Waals surface area contributed by atoms with Crippen LogP contribution in [0.1, 0.15) is 12.5 Å². The highest BCUT2D eigenvalue weighted by atomic mass is 16.5. The Kier molecular flexibility index (Phi) is 3.69. The topological polar surface area (TPSA) is 57.3 Å². The second-order valence-electron chi connectivity index (χ2n) is 4.83. The molecule has 4 heteroatoms. The molecular formula is C17H18N2O2. The molecule has 2 aromatic carbocycles. The summed E-state index contributed by atoms with van der Waals surface area (Å²) >= 11 is 0. The monoisotopic (exact) mass is 282 g/mol. The second kappa shape index (κ2) is 5.79. The van der Waals surface area contributed by atoms with E-state index in [-0.39, 0.29) is 5.75 Å². The Hall–Kier alpha value is -2.62. The molecule has 0 amide bonds. The first-order valence-electron chi connectivity index (χ1n) is 7.02. The molecule has 0 spiro atoms. The number of benzene rings is 2. The summed E-state index contributed by atoms with van der Waals surface area (Å²) in [4.78, 5) is 3.17. The molecule has 3 N–H and O–H groups in total. The number of aromatic nitrogens is 1. The van der Waals surface area contributed by atoms with E-state index in [1.807, 2.05) is 43.5 Å². The molecule has 1 heterocycles. The number of H-pyrrole nitrogens is 1. The minimum atomic E-state index is 0.203. The fraction of sp³-hybridized carbons (Fsp3) is 0.176. The molecule has 0 saturated carbocycles. The Balaban J connectivity index is 1.76. The van der Waals surface area contributed by atoms with Gasteiger partial charge in [-0.1, -0.05) is 12.1 Å². The van der Waals surface area contributed by atoms with Crippen molar-refractivity contribution < 1.29 is 9.84 Å². The zero-order chi connectivity index (χ0) is 14.7. The van der Waals surface area contributed by atoms with Crippen molar-refractivity contribution in [3.63, 3.8) is 0 Å². The van der Waals surface area contributed by atoms with Crippen LogP contribution in [0.3, 0.4) is 0 Å². The smallest absolute Gasteiger partial charge is 0.162 e. The van der Waals surface area contributed by atoms with Crippen molar-refractivity contribution in [2.45, 2.75) is 13.5 Å². The highest BCUT2D eigenvalue weighted by Crippen LogP contribution is 2.30. The number of hydrogen-bond donors (Lipinski definition) is 3. The molecular weight excluding hydrogens is 264 g/mol. The number of para-hydroxylation sites is 1. The minimum Gasteiger partial charge on any atom is -0.504 e. The van der Waals surface area contributed by atoms with Gasteiger partial charge in [0, 0.05) is 34.9 Å². The molecule has 0 radical (unpaired) electrons. The zero-order valence-electron chi connectivity index (χ0n) is 11.9. The van der Waals surface area contributed by atoms with Crippen LogP contribution in [-0.4, -0.2) is 16.7 Å². The van der Waals surface area contributed by atoms with Crippen LogP contribution in [0.5, 0.6) is 11.5 Å². The summed E-state index contributed by atoms with van der Waals surface area (Å²) in [5, 5.41) is 14.6. The summed E-state index contributed by atoms with van der Waals surface area (Å²) in [6, 6.07) is 13.7. The predicted octanol–water partition coefficient (Wildman–Crippen LogP) is 3.88. The molecule has 0 aliphatic carbocycles. The summed E-state index contributed by atoms with van der Waals surface area (Å²) in [6.07, 6.45) is 1.92. The maximum atomic E-state index is 10.2. The van der Waals surface area contributed by atoms with Gasteiger partial charge in [0.2, 0.25) is 0 Å². The third-order valence-corrected chi connectivity index (χ3v) is 3.42. The third kappa shape index (κ3) is 2.79. The summed E-state index contributed by atoms with van der Waals surface area (Å²) < 4.78 is 5.39. The fourth-order valence-corrected chi connectivity index (χ4v) is 2.34. The van der Waals surface area contributed by atoms with Gasteiger partial charge in [-0.05, 0) is 37.3 Å². The van der Waals surface area contributed by atoms with Crippen molar-refractivity contribution in [2.75, 3.05) is 11.9 Å². The normalized spacial score (nSPS) is 10.7. The Morgan fingerprint density at radius 2 is 2.10 bits per heavy atom. The highest BCUT2D eigenvalue weighted by molar-refractivity contribution is 5.82. The third-order valence-electron chi connectivity index (χ3n) is 3.42. The lowest BCUT2D eigenvalue weighted by Crippen LogP contribution is -2.01. The summed E-state index contributed by atoms with van der Waals surface area (Å²) in [5.41, 5.74) is 2.94. The summed E-state index contributed by atoms with van der Waals surface area (Å²) in [7, 11) is 0. The first kappa shape index (κ1) is 13.4. The van der Waals surface area contributed by atoms with E-state index in [4.69, 9.17) is 4.74 Å². The van der Waals surface area contributed by atoms with Crippen LogP contribution in [0, 0.1) is 0 Å². The van der Waals surface area contributed by atoms with Crippen molar-refractivity contribution in [3.05, 3.63) is 54.2 Å². The molecule has 0 aliphatic rings. The molecule has 108 valence electrons. The van der Waals surface area contributed by atoms with Crippen LogP contribution in [0.15, 0.2) is 48.7 Å². The fourth-order valence-electron chi connectivity index (χ4n) is 2.34. The van der Waals surface area contributed by atoms with E-state index in [1.165, 1.54) is 0 Å². The lowest BCUT2D eigenvalue weighted by Gasteiger charge is -2.11.